The Morgan fingerprint density at radius 1 is 1.11 bits per heavy atom. The van der Waals surface area contributed by atoms with Gasteiger partial charge in [-0.25, -0.2) is 14.1 Å². The highest BCUT2D eigenvalue weighted by Gasteiger charge is 2.38. The van der Waals surface area contributed by atoms with Crippen LogP contribution in [0.15, 0.2) is 41.8 Å². The number of hydrogen-bond acceptors (Lipinski definition) is 4. The molecule has 1 saturated heterocycles. The summed E-state index contributed by atoms with van der Waals surface area (Å²) < 4.78 is 15.3. The first-order valence-corrected chi connectivity index (χ1v) is 10.6. The average Bonchev–Trinajstić information content (AvgIpc) is 3.45. The van der Waals surface area contributed by atoms with Crippen LogP contribution in [0, 0.1) is 17.7 Å². The van der Waals surface area contributed by atoms with Crippen molar-refractivity contribution in [2.24, 2.45) is 11.8 Å². The molecule has 1 amide bonds. The number of aromatic nitrogens is 3. The number of carbonyl (C=O) groups is 1. The highest BCUT2D eigenvalue weighted by Crippen LogP contribution is 2.36. The second kappa shape index (κ2) is 7.13. The number of likely N-dealkylation sites (tertiary alicyclic amines) is 1. The van der Waals surface area contributed by atoms with Crippen LogP contribution in [0.1, 0.15) is 36.3 Å². The summed E-state index contributed by atoms with van der Waals surface area (Å²) in [4.78, 5) is 20.5. The molecule has 28 heavy (non-hydrogen) atoms. The second-order valence-corrected chi connectivity index (χ2v) is 8.59. The Balaban J connectivity index is 1.50. The molecule has 2 atom stereocenters. The highest BCUT2D eigenvalue weighted by molar-refractivity contribution is 7.13. The third-order valence-corrected chi connectivity index (χ3v) is 6.72. The van der Waals surface area contributed by atoms with Gasteiger partial charge in [0.25, 0.3) is 5.91 Å². The van der Waals surface area contributed by atoms with Gasteiger partial charge in [-0.15, -0.1) is 16.4 Å². The van der Waals surface area contributed by atoms with Gasteiger partial charge in [0.2, 0.25) is 5.82 Å². The van der Waals surface area contributed by atoms with E-state index in [1.54, 1.807) is 16.8 Å². The molecule has 5 nitrogen and oxygen atoms in total. The Morgan fingerprint density at radius 3 is 2.57 bits per heavy atom. The SMILES string of the molecule is O=C(c1nc(-c2cccs2)n(-c2cccc(F)c2)n1)N1C[C@H]2CCCC[C@H]2C1. The van der Waals surface area contributed by atoms with Crippen LogP contribution in [0.3, 0.4) is 0 Å². The van der Waals surface area contributed by atoms with E-state index in [1.807, 2.05) is 22.4 Å². The van der Waals surface area contributed by atoms with E-state index in [1.165, 1.54) is 49.2 Å². The number of nitrogens with zero attached hydrogens (tertiary/aromatic N) is 4. The molecular formula is C21H21FN4OS. The number of thiophene rings is 1. The van der Waals surface area contributed by atoms with E-state index in [4.69, 9.17) is 0 Å². The summed E-state index contributed by atoms with van der Waals surface area (Å²) in [7, 11) is 0. The van der Waals surface area contributed by atoms with Gasteiger partial charge in [-0.05, 0) is 54.3 Å². The van der Waals surface area contributed by atoms with E-state index in [-0.39, 0.29) is 17.5 Å². The first-order chi connectivity index (χ1) is 13.7. The highest BCUT2D eigenvalue weighted by atomic mass is 32.1. The lowest BCUT2D eigenvalue weighted by Crippen LogP contribution is -2.30. The molecule has 0 bridgehead atoms. The first-order valence-electron chi connectivity index (χ1n) is 9.75. The summed E-state index contributed by atoms with van der Waals surface area (Å²) >= 11 is 1.52. The summed E-state index contributed by atoms with van der Waals surface area (Å²) in [5, 5.41) is 6.44. The number of fused-ring (bicyclic) bond motifs is 1. The molecule has 0 unspecified atom stereocenters. The largest absolute Gasteiger partial charge is 0.335 e. The fourth-order valence-electron chi connectivity index (χ4n) is 4.47. The van der Waals surface area contributed by atoms with Gasteiger partial charge in [-0.1, -0.05) is 25.0 Å². The molecule has 1 aliphatic carbocycles. The van der Waals surface area contributed by atoms with Gasteiger partial charge < -0.3 is 4.90 Å². The molecule has 5 rings (SSSR count). The van der Waals surface area contributed by atoms with Crippen molar-refractivity contribution in [1.29, 1.82) is 0 Å². The molecule has 3 heterocycles. The molecule has 1 aromatic carbocycles. The monoisotopic (exact) mass is 396 g/mol. The van der Waals surface area contributed by atoms with Crippen molar-refractivity contribution in [1.82, 2.24) is 19.7 Å². The van der Waals surface area contributed by atoms with E-state index >= 15 is 0 Å². The minimum absolute atomic E-state index is 0.123. The number of amides is 1. The smallest absolute Gasteiger partial charge is 0.293 e. The van der Waals surface area contributed by atoms with Gasteiger partial charge in [0.05, 0.1) is 10.6 Å². The maximum Gasteiger partial charge on any atom is 0.293 e. The van der Waals surface area contributed by atoms with Crippen LogP contribution < -0.4 is 0 Å². The van der Waals surface area contributed by atoms with Gasteiger partial charge in [-0.3, -0.25) is 4.79 Å². The quantitative estimate of drug-likeness (QED) is 0.659. The molecule has 1 saturated carbocycles. The van der Waals surface area contributed by atoms with E-state index in [0.29, 0.717) is 23.3 Å². The lowest BCUT2D eigenvalue weighted by molar-refractivity contribution is 0.0772. The summed E-state index contributed by atoms with van der Waals surface area (Å²) in [6.45, 7) is 1.60. The zero-order valence-electron chi connectivity index (χ0n) is 15.4. The molecule has 3 aromatic rings. The van der Waals surface area contributed by atoms with Gasteiger partial charge in [0, 0.05) is 13.1 Å². The Labute approximate surface area is 166 Å². The van der Waals surface area contributed by atoms with Crippen LogP contribution in [-0.2, 0) is 0 Å². The van der Waals surface area contributed by atoms with Crippen molar-refractivity contribution >= 4 is 17.2 Å². The summed E-state index contributed by atoms with van der Waals surface area (Å²) in [6, 6.07) is 10.1. The molecule has 0 spiro atoms. The fourth-order valence-corrected chi connectivity index (χ4v) is 5.17. The Kier molecular flexibility index (Phi) is 4.47. The Bertz CT molecular complexity index is 986. The maximum absolute atomic E-state index is 13.8. The van der Waals surface area contributed by atoms with Crippen molar-refractivity contribution in [3.8, 4) is 16.4 Å². The molecule has 0 N–H and O–H groups in total. The summed E-state index contributed by atoms with van der Waals surface area (Å²) in [5.41, 5.74) is 0.560. The van der Waals surface area contributed by atoms with Gasteiger partial charge in [0.1, 0.15) is 5.82 Å². The molecule has 2 fully saturated rings. The lowest BCUT2D eigenvalue weighted by atomic mass is 9.82. The van der Waals surface area contributed by atoms with E-state index in [9.17, 15) is 9.18 Å². The number of halogens is 1. The van der Waals surface area contributed by atoms with Gasteiger partial charge in [0.15, 0.2) is 5.82 Å². The van der Waals surface area contributed by atoms with Crippen LogP contribution in [0.25, 0.3) is 16.4 Å². The van der Waals surface area contributed by atoms with Crippen molar-refractivity contribution < 1.29 is 9.18 Å². The predicted octanol–water partition coefficient (Wildman–Crippen LogP) is 4.40. The van der Waals surface area contributed by atoms with Crippen LogP contribution in [0.2, 0.25) is 0 Å². The molecular weight excluding hydrogens is 375 g/mol. The predicted molar refractivity (Wildman–Crippen MR) is 106 cm³/mol. The first kappa shape index (κ1) is 17.6. The van der Waals surface area contributed by atoms with Crippen LogP contribution in [0.5, 0.6) is 0 Å². The Morgan fingerprint density at radius 2 is 1.89 bits per heavy atom. The summed E-state index contributed by atoms with van der Waals surface area (Å²) in [6.07, 6.45) is 4.94. The fraction of sp³-hybridized carbons (Fsp3) is 0.381. The lowest BCUT2D eigenvalue weighted by Gasteiger charge is -2.22. The number of carbonyl (C=O) groups excluding carboxylic acids is 1. The van der Waals surface area contributed by atoms with Gasteiger partial charge >= 0.3 is 0 Å². The minimum atomic E-state index is -0.346. The van der Waals surface area contributed by atoms with Gasteiger partial charge in [-0.2, -0.15) is 0 Å². The van der Waals surface area contributed by atoms with E-state index < -0.39 is 0 Å². The third kappa shape index (κ3) is 3.13. The third-order valence-electron chi connectivity index (χ3n) is 5.86. The van der Waals surface area contributed by atoms with Crippen molar-refractivity contribution in [3.63, 3.8) is 0 Å². The summed E-state index contributed by atoms with van der Waals surface area (Å²) in [5.74, 6) is 1.51. The number of rotatable bonds is 3. The second-order valence-electron chi connectivity index (χ2n) is 7.64. The molecule has 144 valence electrons. The topological polar surface area (TPSA) is 51.0 Å². The number of hydrogen-bond donors (Lipinski definition) is 0. The molecule has 7 heteroatoms. The minimum Gasteiger partial charge on any atom is -0.335 e. The molecule has 2 aromatic heterocycles. The van der Waals surface area contributed by atoms with Crippen LogP contribution >= 0.6 is 11.3 Å². The molecule has 0 radical (unpaired) electrons. The molecule has 2 aliphatic rings. The maximum atomic E-state index is 13.8. The standard InChI is InChI=1S/C21H21FN4OS/c22-16-7-3-8-17(11-16)26-20(18-9-4-10-28-18)23-19(24-26)21(27)25-12-14-5-1-2-6-15(14)13-25/h3-4,7-11,14-15H,1-2,5-6,12-13H2/t14-,15+. The molecule has 1 aliphatic heterocycles. The van der Waals surface area contributed by atoms with Crippen LogP contribution in [-0.4, -0.2) is 38.7 Å². The van der Waals surface area contributed by atoms with Crippen molar-refractivity contribution in [3.05, 3.63) is 53.4 Å². The van der Waals surface area contributed by atoms with Crippen molar-refractivity contribution in [2.75, 3.05) is 13.1 Å². The van der Waals surface area contributed by atoms with E-state index in [2.05, 4.69) is 10.1 Å². The Hall–Kier alpha value is -2.54. The normalized spacial score (nSPS) is 21.7. The number of benzene rings is 1. The average molecular weight is 396 g/mol. The van der Waals surface area contributed by atoms with Crippen molar-refractivity contribution in [2.45, 2.75) is 25.7 Å². The zero-order valence-corrected chi connectivity index (χ0v) is 16.2. The van der Waals surface area contributed by atoms with E-state index in [0.717, 1.165) is 18.0 Å². The zero-order chi connectivity index (χ0) is 19.1. The van der Waals surface area contributed by atoms with Crippen LogP contribution in [0.4, 0.5) is 4.39 Å².